The third-order valence-electron chi connectivity index (χ3n) is 3.06. The Hall–Kier alpha value is -0.470. The Morgan fingerprint density at radius 2 is 2.07 bits per heavy atom. The smallest absolute Gasteiger partial charge is 0.0797 e. The molecule has 1 fully saturated rings. The van der Waals surface area contributed by atoms with Gasteiger partial charge in [-0.2, -0.15) is 0 Å². The molecule has 0 bridgehead atoms. The highest BCUT2D eigenvalue weighted by atomic mass is 32.2. The van der Waals surface area contributed by atoms with E-state index in [2.05, 4.69) is 51.2 Å². The third-order valence-corrected chi connectivity index (χ3v) is 4.66. The number of thioether (sulfide) groups is 1. The summed E-state index contributed by atoms with van der Waals surface area (Å²) >= 11 is 2.01. The summed E-state index contributed by atoms with van der Waals surface area (Å²) in [5.41, 5.74) is 4.54. The van der Waals surface area contributed by atoms with E-state index in [0.717, 1.165) is 0 Å². The van der Waals surface area contributed by atoms with Crippen LogP contribution in [0.1, 0.15) is 35.9 Å². The molecule has 1 N–H and O–H groups in total. The molecular weight excluding hydrogens is 202 g/mol. The van der Waals surface area contributed by atoms with Crippen molar-refractivity contribution in [2.75, 3.05) is 5.75 Å². The molecule has 0 radical (unpaired) electrons. The van der Waals surface area contributed by atoms with Crippen molar-refractivity contribution >= 4 is 11.8 Å². The lowest BCUT2D eigenvalue weighted by Gasteiger charge is -2.20. The maximum Gasteiger partial charge on any atom is 0.0797 e. The fourth-order valence-electron chi connectivity index (χ4n) is 1.96. The molecule has 1 heterocycles. The van der Waals surface area contributed by atoms with E-state index in [0.29, 0.717) is 5.37 Å². The molecule has 2 rings (SSSR count). The number of benzene rings is 1. The summed E-state index contributed by atoms with van der Waals surface area (Å²) < 4.78 is 0. The van der Waals surface area contributed by atoms with E-state index in [1.54, 1.807) is 0 Å². The minimum absolute atomic E-state index is 0.269. The van der Waals surface area contributed by atoms with Crippen LogP contribution in [0.15, 0.2) is 18.2 Å². The van der Waals surface area contributed by atoms with Gasteiger partial charge < -0.3 is 0 Å². The van der Waals surface area contributed by atoms with Gasteiger partial charge in [0.1, 0.15) is 0 Å². The van der Waals surface area contributed by atoms with Gasteiger partial charge in [-0.15, -0.1) is 11.8 Å². The van der Waals surface area contributed by atoms with Crippen molar-refractivity contribution in [3.8, 4) is 0 Å². The third kappa shape index (κ3) is 2.21. The Kier molecular flexibility index (Phi) is 2.82. The van der Waals surface area contributed by atoms with Gasteiger partial charge in [-0.25, -0.2) is 0 Å². The summed E-state index contributed by atoms with van der Waals surface area (Å²) in [5.74, 6) is 1.19. The Labute approximate surface area is 96.7 Å². The van der Waals surface area contributed by atoms with Crippen molar-refractivity contribution in [3.05, 3.63) is 34.9 Å². The van der Waals surface area contributed by atoms with Gasteiger partial charge in [0.05, 0.1) is 5.37 Å². The highest BCUT2D eigenvalue weighted by molar-refractivity contribution is 7.99. The number of aryl methyl sites for hydroxylation is 1. The second-order valence-corrected chi connectivity index (χ2v) is 6.10. The van der Waals surface area contributed by atoms with Crippen molar-refractivity contribution in [2.24, 2.45) is 0 Å². The van der Waals surface area contributed by atoms with Crippen LogP contribution in [0.3, 0.4) is 0 Å². The second kappa shape index (κ2) is 3.84. The molecule has 2 heteroatoms. The van der Waals surface area contributed by atoms with Crippen molar-refractivity contribution in [2.45, 2.75) is 38.6 Å². The fraction of sp³-hybridized carbons (Fsp3) is 0.538. The molecule has 15 heavy (non-hydrogen) atoms. The number of hydrogen-bond acceptors (Lipinski definition) is 2. The lowest BCUT2D eigenvalue weighted by Crippen LogP contribution is -2.36. The van der Waals surface area contributed by atoms with Gasteiger partial charge in [0.15, 0.2) is 0 Å². The van der Waals surface area contributed by atoms with Gasteiger partial charge >= 0.3 is 0 Å². The summed E-state index contributed by atoms with van der Waals surface area (Å²) in [6.45, 7) is 8.94. The van der Waals surface area contributed by atoms with Gasteiger partial charge in [0.25, 0.3) is 0 Å². The highest BCUT2D eigenvalue weighted by Gasteiger charge is 2.31. The molecule has 0 aromatic heterocycles. The maximum absolute atomic E-state index is 3.68. The Balaban J connectivity index is 2.28. The average molecular weight is 221 g/mol. The topological polar surface area (TPSA) is 12.0 Å². The molecule has 1 unspecified atom stereocenters. The van der Waals surface area contributed by atoms with Gasteiger partial charge in [0, 0.05) is 11.3 Å². The predicted molar refractivity (Wildman–Crippen MR) is 68.3 cm³/mol. The van der Waals surface area contributed by atoms with Crippen LogP contribution in [0, 0.1) is 13.8 Å². The molecule has 1 aliphatic rings. The predicted octanol–water partition coefficient (Wildman–Crippen LogP) is 3.42. The summed E-state index contributed by atoms with van der Waals surface area (Å²) in [6.07, 6.45) is 0. The zero-order valence-corrected chi connectivity index (χ0v) is 10.7. The first kappa shape index (κ1) is 11.0. The monoisotopic (exact) mass is 221 g/mol. The van der Waals surface area contributed by atoms with Gasteiger partial charge in [-0.1, -0.05) is 18.2 Å². The first-order valence-corrected chi connectivity index (χ1v) is 6.50. The van der Waals surface area contributed by atoms with Crippen molar-refractivity contribution in [1.82, 2.24) is 5.32 Å². The SMILES string of the molecule is Cc1cccc(C2NC(C)(C)CS2)c1C. The molecule has 0 saturated carbocycles. The summed E-state index contributed by atoms with van der Waals surface area (Å²) in [5, 5.41) is 4.15. The summed E-state index contributed by atoms with van der Waals surface area (Å²) in [7, 11) is 0. The molecule has 1 saturated heterocycles. The van der Waals surface area contributed by atoms with Crippen molar-refractivity contribution < 1.29 is 0 Å². The lowest BCUT2D eigenvalue weighted by atomic mass is 10.0. The molecule has 0 spiro atoms. The number of nitrogens with one attached hydrogen (secondary N) is 1. The standard InChI is InChI=1S/C13H19NS/c1-9-6-5-7-11(10(9)2)12-14-13(3,4)8-15-12/h5-7,12,14H,8H2,1-4H3. The molecule has 0 aliphatic carbocycles. The molecule has 1 aliphatic heterocycles. The zero-order valence-electron chi connectivity index (χ0n) is 9.92. The molecule has 1 nitrogen and oxygen atoms in total. The number of hydrogen-bond donors (Lipinski definition) is 1. The Bertz CT molecular complexity index is 371. The number of rotatable bonds is 1. The highest BCUT2D eigenvalue weighted by Crippen LogP contribution is 2.38. The van der Waals surface area contributed by atoms with Crippen LogP contribution in [0.4, 0.5) is 0 Å². The van der Waals surface area contributed by atoms with E-state index in [-0.39, 0.29) is 5.54 Å². The van der Waals surface area contributed by atoms with Crippen molar-refractivity contribution in [1.29, 1.82) is 0 Å². The van der Waals surface area contributed by atoms with E-state index >= 15 is 0 Å². The van der Waals surface area contributed by atoms with Gasteiger partial charge in [-0.05, 0) is 44.4 Å². The van der Waals surface area contributed by atoms with Crippen LogP contribution in [0.25, 0.3) is 0 Å². The second-order valence-electron chi connectivity index (χ2n) is 5.01. The summed E-state index contributed by atoms with van der Waals surface area (Å²) in [4.78, 5) is 0. The average Bonchev–Trinajstić information content (AvgIpc) is 2.51. The minimum atomic E-state index is 0.269. The molecular formula is C13H19NS. The van der Waals surface area contributed by atoms with Crippen LogP contribution in [-0.4, -0.2) is 11.3 Å². The van der Waals surface area contributed by atoms with Crippen molar-refractivity contribution in [3.63, 3.8) is 0 Å². The normalized spacial score (nSPS) is 24.4. The van der Waals surface area contributed by atoms with Crippen LogP contribution in [-0.2, 0) is 0 Å². The van der Waals surface area contributed by atoms with E-state index in [9.17, 15) is 0 Å². The molecule has 0 amide bonds. The fourth-order valence-corrected chi connectivity index (χ4v) is 3.46. The van der Waals surface area contributed by atoms with Crippen LogP contribution in [0.2, 0.25) is 0 Å². The largest absolute Gasteiger partial charge is 0.296 e. The Morgan fingerprint density at radius 1 is 1.33 bits per heavy atom. The van der Waals surface area contributed by atoms with E-state index in [1.807, 2.05) is 11.8 Å². The molecule has 1 atom stereocenters. The van der Waals surface area contributed by atoms with Crippen LogP contribution >= 0.6 is 11.8 Å². The zero-order chi connectivity index (χ0) is 11.1. The van der Waals surface area contributed by atoms with E-state index < -0.39 is 0 Å². The first-order valence-electron chi connectivity index (χ1n) is 5.45. The van der Waals surface area contributed by atoms with Gasteiger partial charge in [-0.3, -0.25) is 5.32 Å². The molecule has 1 aromatic carbocycles. The summed E-state index contributed by atoms with van der Waals surface area (Å²) in [6, 6.07) is 6.59. The molecule has 1 aromatic rings. The maximum atomic E-state index is 3.68. The lowest BCUT2D eigenvalue weighted by molar-refractivity contribution is 0.451. The molecule has 82 valence electrons. The van der Waals surface area contributed by atoms with Crippen LogP contribution < -0.4 is 5.32 Å². The van der Waals surface area contributed by atoms with E-state index in [1.165, 1.54) is 22.4 Å². The quantitative estimate of drug-likeness (QED) is 0.780. The van der Waals surface area contributed by atoms with Gasteiger partial charge in [0.2, 0.25) is 0 Å². The Morgan fingerprint density at radius 3 is 2.67 bits per heavy atom. The first-order chi connectivity index (χ1) is 6.99. The van der Waals surface area contributed by atoms with E-state index in [4.69, 9.17) is 0 Å². The van der Waals surface area contributed by atoms with Crippen LogP contribution in [0.5, 0.6) is 0 Å². The minimum Gasteiger partial charge on any atom is -0.296 e.